The number of thiophene rings is 1. The lowest BCUT2D eigenvalue weighted by atomic mass is 10.3. The molecule has 0 saturated heterocycles. The first-order valence-electron chi connectivity index (χ1n) is 4.92. The fraction of sp³-hybridized carbons (Fsp3) is 0.273. The Balaban J connectivity index is 2.24. The molecular weight excluding hydrogens is 208 g/mol. The van der Waals surface area contributed by atoms with Crippen LogP contribution < -0.4 is 0 Å². The molecule has 0 fully saturated rings. The molecule has 0 aromatic carbocycles. The average molecular weight is 220 g/mol. The van der Waals surface area contributed by atoms with E-state index in [1.165, 1.54) is 11.3 Å². The van der Waals surface area contributed by atoms with E-state index in [0.717, 1.165) is 34.7 Å². The van der Waals surface area contributed by atoms with Crippen LogP contribution in [-0.4, -0.2) is 16.1 Å². The molecule has 0 saturated carbocycles. The van der Waals surface area contributed by atoms with Crippen molar-refractivity contribution in [2.75, 3.05) is 0 Å². The molecule has 0 aliphatic rings. The highest BCUT2D eigenvalue weighted by Crippen LogP contribution is 2.25. The van der Waals surface area contributed by atoms with Crippen molar-refractivity contribution in [1.29, 1.82) is 0 Å². The zero-order chi connectivity index (χ0) is 10.7. The van der Waals surface area contributed by atoms with Crippen molar-refractivity contribution in [3.63, 3.8) is 0 Å². The highest BCUT2D eigenvalue weighted by molar-refractivity contribution is 7.17. The molecule has 3 nitrogen and oxygen atoms in total. The zero-order valence-electron chi connectivity index (χ0n) is 8.51. The summed E-state index contributed by atoms with van der Waals surface area (Å²) in [5, 5.41) is 4.43. The molecular formula is C11H12N2OS. The highest BCUT2D eigenvalue weighted by atomic mass is 32.1. The van der Waals surface area contributed by atoms with Crippen LogP contribution in [0.2, 0.25) is 0 Å². The van der Waals surface area contributed by atoms with E-state index in [9.17, 15) is 4.79 Å². The summed E-state index contributed by atoms with van der Waals surface area (Å²) in [5.41, 5.74) is 0.946. The molecule has 2 aromatic rings. The third kappa shape index (κ3) is 2.15. The lowest BCUT2D eigenvalue weighted by Crippen LogP contribution is -1.96. The Morgan fingerprint density at radius 3 is 3.00 bits per heavy atom. The molecule has 0 amide bonds. The van der Waals surface area contributed by atoms with Gasteiger partial charge in [0.2, 0.25) is 0 Å². The van der Waals surface area contributed by atoms with Gasteiger partial charge in [-0.3, -0.25) is 9.48 Å². The van der Waals surface area contributed by atoms with Gasteiger partial charge in [-0.25, -0.2) is 0 Å². The van der Waals surface area contributed by atoms with Crippen LogP contribution in [0.5, 0.6) is 0 Å². The maximum atomic E-state index is 10.5. The predicted molar refractivity (Wildman–Crippen MR) is 61.2 cm³/mol. The second-order valence-electron chi connectivity index (χ2n) is 3.28. The number of rotatable bonds is 4. The fourth-order valence-corrected chi connectivity index (χ4v) is 2.19. The molecule has 0 bridgehead atoms. The predicted octanol–water partition coefficient (Wildman–Crippen LogP) is 2.83. The summed E-state index contributed by atoms with van der Waals surface area (Å²) in [6.07, 6.45) is 3.92. The maximum absolute atomic E-state index is 10.5. The molecule has 0 unspecified atom stereocenters. The number of aromatic nitrogens is 2. The van der Waals surface area contributed by atoms with Gasteiger partial charge in [-0.15, -0.1) is 11.3 Å². The quantitative estimate of drug-likeness (QED) is 0.743. The first-order valence-corrected chi connectivity index (χ1v) is 5.74. The standard InChI is InChI=1S/C11H12N2OS/c1-2-6-13-7-5-10(12-13)11-4-3-9(8-14)15-11/h3-5,7-8H,2,6H2,1H3. The summed E-state index contributed by atoms with van der Waals surface area (Å²) >= 11 is 1.47. The first-order chi connectivity index (χ1) is 7.33. The Morgan fingerprint density at radius 1 is 1.47 bits per heavy atom. The van der Waals surface area contributed by atoms with Crippen LogP contribution in [0.1, 0.15) is 23.0 Å². The van der Waals surface area contributed by atoms with Crippen LogP contribution in [0, 0.1) is 0 Å². The fourth-order valence-electron chi connectivity index (χ4n) is 1.40. The van der Waals surface area contributed by atoms with Crippen molar-refractivity contribution in [1.82, 2.24) is 9.78 Å². The molecule has 0 spiro atoms. The maximum Gasteiger partial charge on any atom is 0.160 e. The molecule has 0 radical (unpaired) electrons. The van der Waals surface area contributed by atoms with E-state index in [0.29, 0.717) is 0 Å². The van der Waals surface area contributed by atoms with E-state index < -0.39 is 0 Å². The van der Waals surface area contributed by atoms with Gasteiger partial charge < -0.3 is 0 Å². The normalized spacial score (nSPS) is 10.5. The van der Waals surface area contributed by atoms with Gasteiger partial charge in [0.25, 0.3) is 0 Å². The lowest BCUT2D eigenvalue weighted by Gasteiger charge is -1.95. The van der Waals surface area contributed by atoms with Crippen molar-refractivity contribution in [3.8, 4) is 10.6 Å². The molecule has 4 heteroatoms. The van der Waals surface area contributed by atoms with Crippen LogP contribution >= 0.6 is 11.3 Å². The number of carbonyl (C=O) groups is 1. The van der Waals surface area contributed by atoms with E-state index in [1.54, 1.807) is 0 Å². The van der Waals surface area contributed by atoms with E-state index in [-0.39, 0.29) is 0 Å². The Morgan fingerprint density at radius 2 is 2.33 bits per heavy atom. The molecule has 0 N–H and O–H groups in total. The topological polar surface area (TPSA) is 34.9 Å². The van der Waals surface area contributed by atoms with Gasteiger partial charge in [-0.05, 0) is 24.6 Å². The van der Waals surface area contributed by atoms with Crippen LogP contribution in [0.4, 0.5) is 0 Å². The SMILES string of the molecule is CCCn1ccc(-c2ccc(C=O)s2)n1. The van der Waals surface area contributed by atoms with Crippen molar-refractivity contribution >= 4 is 17.6 Å². The van der Waals surface area contributed by atoms with Crippen molar-refractivity contribution in [3.05, 3.63) is 29.3 Å². The molecule has 78 valence electrons. The van der Waals surface area contributed by atoms with Gasteiger partial charge in [0.05, 0.1) is 9.75 Å². The Kier molecular flexibility index (Phi) is 2.97. The van der Waals surface area contributed by atoms with Crippen LogP contribution in [0.3, 0.4) is 0 Å². The van der Waals surface area contributed by atoms with Gasteiger partial charge in [-0.2, -0.15) is 5.10 Å². The molecule has 0 aliphatic carbocycles. The van der Waals surface area contributed by atoms with Gasteiger partial charge in [0.15, 0.2) is 6.29 Å². The van der Waals surface area contributed by atoms with Crippen molar-refractivity contribution in [2.45, 2.75) is 19.9 Å². The largest absolute Gasteiger partial charge is 0.297 e. The van der Waals surface area contributed by atoms with Gasteiger partial charge in [-0.1, -0.05) is 6.92 Å². The molecule has 2 rings (SSSR count). The molecule has 2 heterocycles. The molecule has 0 atom stereocenters. The van der Waals surface area contributed by atoms with Crippen molar-refractivity contribution in [2.24, 2.45) is 0 Å². The summed E-state index contributed by atoms with van der Waals surface area (Å²) in [6, 6.07) is 5.74. The van der Waals surface area contributed by atoms with Gasteiger partial charge in [0, 0.05) is 12.7 Å². The Bertz CT molecular complexity index is 459. The van der Waals surface area contributed by atoms with E-state index in [4.69, 9.17) is 0 Å². The van der Waals surface area contributed by atoms with Crippen molar-refractivity contribution < 1.29 is 4.79 Å². The zero-order valence-corrected chi connectivity index (χ0v) is 9.33. The second kappa shape index (κ2) is 4.40. The number of carbonyl (C=O) groups excluding carboxylic acids is 1. The van der Waals surface area contributed by atoms with Crippen LogP contribution in [0.25, 0.3) is 10.6 Å². The third-order valence-electron chi connectivity index (χ3n) is 2.09. The van der Waals surface area contributed by atoms with Crippen LogP contribution in [0.15, 0.2) is 24.4 Å². The van der Waals surface area contributed by atoms with E-state index in [1.807, 2.05) is 29.1 Å². The third-order valence-corrected chi connectivity index (χ3v) is 3.12. The summed E-state index contributed by atoms with van der Waals surface area (Å²) in [6.45, 7) is 3.06. The summed E-state index contributed by atoms with van der Waals surface area (Å²) in [4.78, 5) is 12.3. The number of aryl methyl sites for hydroxylation is 1. The number of nitrogens with zero attached hydrogens (tertiary/aromatic N) is 2. The number of hydrogen-bond donors (Lipinski definition) is 0. The Labute approximate surface area is 92.4 Å². The van der Waals surface area contributed by atoms with E-state index >= 15 is 0 Å². The minimum Gasteiger partial charge on any atom is -0.297 e. The molecule has 2 aromatic heterocycles. The minimum absolute atomic E-state index is 0.745. The molecule has 0 aliphatic heterocycles. The van der Waals surface area contributed by atoms with Gasteiger partial charge in [0.1, 0.15) is 5.69 Å². The summed E-state index contributed by atoms with van der Waals surface area (Å²) in [5.74, 6) is 0. The molecule has 15 heavy (non-hydrogen) atoms. The second-order valence-corrected chi connectivity index (χ2v) is 4.40. The summed E-state index contributed by atoms with van der Waals surface area (Å²) < 4.78 is 1.93. The first kappa shape index (κ1) is 10.1. The average Bonchev–Trinajstić information content (AvgIpc) is 2.85. The monoisotopic (exact) mass is 220 g/mol. The van der Waals surface area contributed by atoms with Gasteiger partial charge >= 0.3 is 0 Å². The minimum atomic E-state index is 0.745. The van der Waals surface area contributed by atoms with E-state index in [2.05, 4.69) is 12.0 Å². The Hall–Kier alpha value is -1.42. The lowest BCUT2D eigenvalue weighted by molar-refractivity contribution is 0.112. The number of hydrogen-bond acceptors (Lipinski definition) is 3. The highest BCUT2D eigenvalue weighted by Gasteiger charge is 2.05. The van der Waals surface area contributed by atoms with Crippen LogP contribution in [-0.2, 0) is 6.54 Å². The smallest absolute Gasteiger partial charge is 0.160 e. The number of aldehydes is 1. The summed E-state index contributed by atoms with van der Waals surface area (Å²) in [7, 11) is 0.